The van der Waals surface area contributed by atoms with Crippen LogP contribution in [0.1, 0.15) is 12.5 Å². The largest absolute Gasteiger partial charge is 0.480 e. The van der Waals surface area contributed by atoms with Gasteiger partial charge in [0.2, 0.25) is 5.91 Å². The van der Waals surface area contributed by atoms with Crippen molar-refractivity contribution >= 4 is 17.4 Å². The molecule has 5 nitrogen and oxygen atoms in total. The fraction of sp³-hybridized carbons (Fsp3) is 0.333. The van der Waals surface area contributed by atoms with Crippen molar-refractivity contribution in [1.82, 2.24) is 4.90 Å². The summed E-state index contributed by atoms with van der Waals surface area (Å²) in [6.07, 6.45) is 1.33. The second-order valence-corrected chi connectivity index (χ2v) is 4.80. The highest BCUT2D eigenvalue weighted by atomic mass is 19.1. The SMILES string of the molecule is CC(=CC(=O)N1CCOCC1C(=O)O)c1cccc(F)c1. The molecule has 2 rings (SSSR count). The molecule has 0 bridgehead atoms. The maximum absolute atomic E-state index is 13.2. The molecule has 1 atom stereocenters. The summed E-state index contributed by atoms with van der Waals surface area (Å²) < 4.78 is 18.3. The van der Waals surface area contributed by atoms with Gasteiger partial charge in [-0.2, -0.15) is 0 Å². The lowest BCUT2D eigenvalue weighted by Crippen LogP contribution is -2.52. The second-order valence-electron chi connectivity index (χ2n) is 4.80. The minimum absolute atomic E-state index is 0.0199. The maximum atomic E-state index is 13.2. The van der Waals surface area contributed by atoms with Gasteiger partial charge in [-0.3, -0.25) is 4.79 Å². The highest BCUT2D eigenvalue weighted by Crippen LogP contribution is 2.16. The molecule has 1 amide bonds. The van der Waals surface area contributed by atoms with Crippen LogP contribution >= 0.6 is 0 Å². The number of carboxylic acids is 1. The van der Waals surface area contributed by atoms with E-state index in [4.69, 9.17) is 9.84 Å². The van der Waals surface area contributed by atoms with Crippen molar-refractivity contribution in [3.8, 4) is 0 Å². The minimum atomic E-state index is -1.10. The fourth-order valence-electron chi connectivity index (χ4n) is 2.16. The molecule has 1 aromatic carbocycles. The topological polar surface area (TPSA) is 66.8 Å². The summed E-state index contributed by atoms with van der Waals surface area (Å²) in [6, 6.07) is 4.91. The Hall–Kier alpha value is -2.21. The molecule has 21 heavy (non-hydrogen) atoms. The number of hydrogen-bond acceptors (Lipinski definition) is 3. The number of ether oxygens (including phenoxy) is 1. The van der Waals surface area contributed by atoms with Gasteiger partial charge in [0.15, 0.2) is 6.04 Å². The van der Waals surface area contributed by atoms with E-state index in [0.717, 1.165) is 0 Å². The summed E-state index contributed by atoms with van der Waals surface area (Å²) in [5.74, 6) is -1.89. The van der Waals surface area contributed by atoms with E-state index in [0.29, 0.717) is 17.7 Å². The van der Waals surface area contributed by atoms with Gasteiger partial charge >= 0.3 is 5.97 Å². The number of hydrogen-bond donors (Lipinski definition) is 1. The predicted octanol–water partition coefficient (Wildman–Crippen LogP) is 1.54. The van der Waals surface area contributed by atoms with E-state index >= 15 is 0 Å². The number of morpholine rings is 1. The normalized spacial score (nSPS) is 19.4. The third-order valence-electron chi connectivity index (χ3n) is 3.32. The molecule has 0 aromatic heterocycles. The maximum Gasteiger partial charge on any atom is 0.328 e. The number of carbonyl (C=O) groups is 2. The zero-order valence-corrected chi connectivity index (χ0v) is 11.6. The van der Waals surface area contributed by atoms with E-state index in [9.17, 15) is 14.0 Å². The number of benzene rings is 1. The number of halogens is 1. The molecule has 112 valence electrons. The summed E-state index contributed by atoms with van der Waals surface area (Å²) in [7, 11) is 0. The lowest BCUT2D eigenvalue weighted by Gasteiger charge is -2.32. The molecule has 1 aliphatic rings. The molecule has 0 radical (unpaired) electrons. The van der Waals surface area contributed by atoms with Gasteiger partial charge in [-0.25, -0.2) is 9.18 Å². The van der Waals surface area contributed by atoms with Gasteiger partial charge in [0.1, 0.15) is 5.82 Å². The molecule has 1 saturated heterocycles. The zero-order valence-electron chi connectivity index (χ0n) is 11.6. The third-order valence-corrected chi connectivity index (χ3v) is 3.32. The van der Waals surface area contributed by atoms with Crippen molar-refractivity contribution < 1.29 is 23.8 Å². The molecule has 0 aliphatic carbocycles. The van der Waals surface area contributed by atoms with E-state index in [2.05, 4.69) is 0 Å². The minimum Gasteiger partial charge on any atom is -0.480 e. The van der Waals surface area contributed by atoms with Gasteiger partial charge < -0.3 is 14.7 Å². The predicted molar refractivity (Wildman–Crippen MR) is 74.0 cm³/mol. The standard InChI is InChI=1S/C15H16FNO4/c1-10(11-3-2-4-12(16)8-11)7-14(18)17-5-6-21-9-13(17)15(19)20/h2-4,7-8,13H,5-6,9H2,1H3,(H,19,20). The molecule has 0 spiro atoms. The van der Waals surface area contributed by atoms with Crippen LogP contribution in [0.25, 0.3) is 5.57 Å². The Morgan fingerprint density at radius 2 is 2.24 bits per heavy atom. The highest BCUT2D eigenvalue weighted by molar-refractivity contribution is 5.97. The molecule has 0 saturated carbocycles. The van der Waals surface area contributed by atoms with Crippen LogP contribution in [0.15, 0.2) is 30.3 Å². The van der Waals surface area contributed by atoms with Crippen molar-refractivity contribution in [2.75, 3.05) is 19.8 Å². The molecule has 1 unspecified atom stereocenters. The van der Waals surface area contributed by atoms with E-state index in [-0.39, 0.29) is 19.0 Å². The molecular formula is C15H16FNO4. The summed E-state index contributed by atoms with van der Waals surface area (Å²) >= 11 is 0. The summed E-state index contributed by atoms with van der Waals surface area (Å²) in [6.45, 7) is 2.20. The van der Waals surface area contributed by atoms with Gasteiger partial charge in [-0.15, -0.1) is 0 Å². The number of nitrogens with zero attached hydrogens (tertiary/aromatic N) is 1. The van der Waals surface area contributed by atoms with Crippen molar-refractivity contribution in [3.63, 3.8) is 0 Å². The van der Waals surface area contributed by atoms with Crippen molar-refractivity contribution in [3.05, 3.63) is 41.7 Å². The molecule has 1 N–H and O–H groups in total. The smallest absolute Gasteiger partial charge is 0.328 e. The highest BCUT2D eigenvalue weighted by Gasteiger charge is 2.31. The Morgan fingerprint density at radius 3 is 2.90 bits per heavy atom. The van der Waals surface area contributed by atoms with Crippen molar-refractivity contribution in [2.24, 2.45) is 0 Å². The lowest BCUT2D eigenvalue weighted by molar-refractivity contribution is -0.156. The van der Waals surface area contributed by atoms with Gasteiger partial charge in [0, 0.05) is 12.6 Å². The Labute approximate surface area is 121 Å². The van der Waals surface area contributed by atoms with Crippen LogP contribution in [0.3, 0.4) is 0 Å². The van der Waals surface area contributed by atoms with Crippen LogP contribution < -0.4 is 0 Å². The molecule has 6 heteroatoms. The van der Waals surface area contributed by atoms with Gasteiger partial charge in [0.25, 0.3) is 0 Å². The first kappa shape index (κ1) is 15.2. The molecule has 1 aliphatic heterocycles. The van der Waals surface area contributed by atoms with Crippen LogP contribution in [0, 0.1) is 5.82 Å². The van der Waals surface area contributed by atoms with Crippen LogP contribution in [0.2, 0.25) is 0 Å². The molecule has 1 fully saturated rings. The van der Waals surface area contributed by atoms with Crippen molar-refractivity contribution in [2.45, 2.75) is 13.0 Å². The van der Waals surface area contributed by atoms with Crippen LogP contribution in [-0.2, 0) is 14.3 Å². The Bertz CT molecular complexity index is 585. The molecule has 1 aromatic rings. The average molecular weight is 293 g/mol. The zero-order chi connectivity index (χ0) is 15.4. The number of aliphatic carboxylic acids is 1. The number of allylic oxidation sites excluding steroid dienone is 1. The summed E-state index contributed by atoms with van der Waals surface area (Å²) in [5, 5.41) is 9.10. The van der Waals surface area contributed by atoms with Gasteiger partial charge in [0.05, 0.1) is 13.2 Å². The quantitative estimate of drug-likeness (QED) is 0.859. The Balaban J connectivity index is 2.18. The third kappa shape index (κ3) is 3.66. The number of rotatable bonds is 3. The first-order chi connectivity index (χ1) is 9.99. The van der Waals surface area contributed by atoms with Crippen LogP contribution in [-0.4, -0.2) is 47.7 Å². The molecule has 1 heterocycles. The van der Waals surface area contributed by atoms with Crippen molar-refractivity contribution in [1.29, 1.82) is 0 Å². The fourth-order valence-corrected chi connectivity index (χ4v) is 2.16. The Morgan fingerprint density at radius 1 is 1.48 bits per heavy atom. The summed E-state index contributed by atoms with van der Waals surface area (Å²) in [4.78, 5) is 24.6. The number of carboxylic acid groups (broad SMARTS) is 1. The first-order valence-corrected chi connectivity index (χ1v) is 6.54. The van der Waals surface area contributed by atoms with E-state index in [1.165, 1.54) is 23.1 Å². The van der Waals surface area contributed by atoms with Gasteiger partial charge in [-0.05, 0) is 30.2 Å². The van der Waals surface area contributed by atoms with Gasteiger partial charge in [-0.1, -0.05) is 12.1 Å². The lowest BCUT2D eigenvalue weighted by atomic mass is 10.1. The monoisotopic (exact) mass is 293 g/mol. The van der Waals surface area contributed by atoms with E-state index < -0.39 is 17.9 Å². The first-order valence-electron chi connectivity index (χ1n) is 6.54. The number of amides is 1. The number of carbonyl (C=O) groups excluding carboxylic acids is 1. The van der Waals surface area contributed by atoms with Crippen LogP contribution in [0.4, 0.5) is 4.39 Å². The van der Waals surface area contributed by atoms with E-state index in [1.807, 2.05) is 0 Å². The average Bonchev–Trinajstić information content (AvgIpc) is 2.47. The Kier molecular flexibility index (Phi) is 4.70. The summed E-state index contributed by atoms with van der Waals surface area (Å²) in [5.41, 5.74) is 1.17. The molecular weight excluding hydrogens is 277 g/mol. The second kappa shape index (κ2) is 6.49. The van der Waals surface area contributed by atoms with E-state index in [1.54, 1.807) is 19.1 Å². The van der Waals surface area contributed by atoms with Crippen LogP contribution in [0.5, 0.6) is 0 Å².